The molecule has 0 amide bonds. The minimum atomic E-state index is 1.21. The molecular formula is C56H36. The van der Waals surface area contributed by atoms with E-state index in [1.165, 1.54) is 109 Å². The second-order valence-corrected chi connectivity index (χ2v) is 14.8. The van der Waals surface area contributed by atoms with Crippen molar-refractivity contribution in [1.82, 2.24) is 0 Å². The van der Waals surface area contributed by atoms with Gasteiger partial charge in [-0.25, -0.2) is 0 Å². The highest BCUT2D eigenvalue weighted by Gasteiger charge is 2.19. The molecule has 0 unspecified atom stereocenters. The van der Waals surface area contributed by atoms with Gasteiger partial charge in [-0.2, -0.15) is 0 Å². The van der Waals surface area contributed by atoms with Gasteiger partial charge in [0.15, 0.2) is 0 Å². The maximum atomic E-state index is 2.41. The van der Waals surface area contributed by atoms with Gasteiger partial charge in [0.1, 0.15) is 0 Å². The molecule has 56 heavy (non-hydrogen) atoms. The first kappa shape index (κ1) is 32.2. The Labute approximate surface area is 326 Å². The van der Waals surface area contributed by atoms with Crippen molar-refractivity contribution >= 4 is 53.9 Å². The Morgan fingerprint density at radius 3 is 1.18 bits per heavy atom. The average molecular weight is 709 g/mol. The summed E-state index contributed by atoms with van der Waals surface area (Å²) in [6.45, 7) is 0. The Hall–Kier alpha value is -7.28. The zero-order valence-corrected chi connectivity index (χ0v) is 30.8. The third-order valence-electron chi connectivity index (χ3n) is 11.6. The lowest BCUT2D eigenvalue weighted by Crippen LogP contribution is -1.93. The molecule has 11 aromatic carbocycles. The number of hydrogen-bond acceptors (Lipinski definition) is 0. The number of fused-ring (bicyclic) bond motifs is 7. The van der Waals surface area contributed by atoms with Crippen LogP contribution in [-0.4, -0.2) is 0 Å². The summed E-state index contributed by atoms with van der Waals surface area (Å²) in [6.07, 6.45) is 0. The van der Waals surface area contributed by atoms with Gasteiger partial charge in [-0.1, -0.05) is 200 Å². The van der Waals surface area contributed by atoms with Crippen LogP contribution >= 0.6 is 0 Å². The second-order valence-electron chi connectivity index (χ2n) is 14.8. The Bertz CT molecular complexity index is 3250. The molecule has 0 nitrogen and oxygen atoms in total. The summed E-state index contributed by atoms with van der Waals surface area (Å²) in [5, 5.41) is 12.7. The van der Waals surface area contributed by atoms with Crippen LogP contribution in [0.3, 0.4) is 0 Å². The molecule has 11 rings (SSSR count). The molecule has 0 aromatic heterocycles. The van der Waals surface area contributed by atoms with Gasteiger partial charge in [-0.05, 0) is 128 Å². The van der Waals surface area contributed by atoms with Crippen LogP contribution in [0.5, 0.6) is 0 Å². The molecule has 0 atom stereocenters. The summed E-state index contributed by atoms with van der Waals surface area (Å²) in [4.78, 5) is 0. The van der Waals surface area contributed by atoms with Crippen molar-refractivity contribution < 1.29 is 0 Å². The predicted molar refractivity (Wildman–Crippen MR) is 241 cm³/mol. The van der Waals surface area contributed by atoms with Crippen LogP contribution in [0.1, 0.15) is 0 Å². The lowest BCUT2D eigenvalue weighted by atomic mass is 9.83. The van der Waals surface area contributed by atoms with Crippen molar-refractivity contribution in [2.24, 2.45) is 0 Å². The van der Waals surface area contributed by atoms with Crippen LogP contribution in [0.25, 0.3) is 109 Å². The van der Waals surface area contributed by atoms with Crippen LogP contribution in [0.4, 0.5) is 0 Å². The SMILES string of the molecule is c1ccc(-c2ccc3c(-c4ccc(-c5cc6c7ccccc7ccc6c6ccccc56)cc4)c4cc(-c5ccccc5)ccc4c(-c4ccccc4)c3c2)cc1. The Kier molecular flexibility index (Phi) is 7.60. The van der Waals surface area contributed by atoms with E-state index in [9.17, 15) is 0 Å². The summed E-state index contributed by atoms with van der Waals surface area (Å²) < 4.78 is 0. The van der Waals surface area contributed by atoms with Crippen molar-refractivity contribution in [2.45, 2.75) is 0 Å². The predicted octanol–water partition coefficient (Wildman–Crippen LogP) is 15.8. The normalized spacial score (nSPS) is 11.6. The molecule has 0 spiro atoms. The van der Waals surface area contributed by atoms with Crippen LogP contribution in [-0.2, 0) is 0 Å². The van der Waals surface area contributed by atoms with Crippen molar-refractivity contribution in [3.63, 3.8) is 0 Å². The summed E-state index contributed by atoms with van der Waals surface area (Å²) >= 11 is 0. The van der Waals surface area contributed by atoms with Crippen molar-refractivity contribution in [1.29, 1.82) is 0 Å². The highest BCUT2D eigenvalue weighted by atomic mass is 14.2. The Morgan fingerprint density at radius 1 is 0.179 bits per heavy atom. The number of hydrogen-bond donors (Lipinski definition) is 0. The lowest BCUT2D eigenvalue weighted by molar-refractivity contribution is 1.61. The first-order valence-corrected chi connectivity index (χ1v) is 19.4. The topological polar surface area (TPSA) is 0 Å². The monoisotopic (exact) mass is 708 g/mol. The van der Waals surface area contributed by atoms with Gasteiger partial charge in [-0.15, -0.1) is 0 Å². The van der Waals surface area contributed by atoms with Crippen LogP contribution in [0.2, 0.25) is 0 Å². The zero-order valence-electron chi connectivity index (χ0n) is 30.8. The quantitative estimate of drug-likeness (QED) is 0.123. The Balaban J connectivity index is 1.18. The fraction of sp³-hybridized carbons (Fsp3) is 0. The highest BCUT2D eigenvalue weighted by Crippen LogP contribution is 2.47. The number of rotatable bonds is 5. The molecule has 0 aliphatic rings. The average Bonchev–Trinajstić information content (AvgIpc) is 3.28. The molecule has 0 heteroatoms. The van der Waals surface area contributed by atoms with Gasteiger partial charge in [0.05, 0.1) is 0 Å². The lowest BCUT2D eigenvalue weighted by Gasteiger charge is -2.20. The number of benzene rings is 11. The van der Waals surface area contributed by atoms with Gasteiger partial charge in [0.2, 0.25) is 0 Å². The molecule has 11 aromatic rings. The van der Waals surface area contributed by atoms with Crippen molar-refractivity contribution in [2.75, 3.05) is 0 Å². The van der Waals surface area contributed by atoms with E-state index in [0.717, 1.165) is 0 Å². The van der Waals surface area contributed by atoms with Gasteiger partial charge < -0.3 is 0 Å². The fourth-order valence-corrected chi connectivity index (χ4v) is 8.99. The molecule has 0 aliphatic carbocycles. The molecule has 0 radical (unpaired) electrons. The van der Waals surface area contributed by atoms with E-state index in [1.807, 2.05) is 0 Å². The van der Waals surface area contributed by atoms with E-state index in [-0.39, 0.29) is 0 Å². The van der Waals surface area contributed by atoms with Gasteiger partial charge in [0.25, 0.3) is 0 Å². The standard InChI is InChI=1S/C56H36/c1-4-14-37(15-5-1)43-30-33-50-53(34-43)55(41-19-8-3-9-20-41)49-32-29-44(38-16-6-2-7-17-38)35-54(49)56(50)42-26-24-40(25-27-42)51-36-52-45-21-11-10-18-39(45)28-31-48(52)46-22-12-13-23-47(46)51/h1-36H. The van der Waals surface area contributed by atoms with Crippen molar-refractivity contribution in [3.8, 4) is 55.6 Å². The molecule has 260 valence electrons. The van der Waals surface area contributed by atoms with Crippen LogP contribution in [0, 0.1) is 0 Å². The summed E-state index contributed by atoms with van der Waals surface area (Å²) in [5.41, 5.74) is 12.3. The minimum absolute atomic E-state index is 1.21. The molecule has 0 fully saturated rings. The minimum Gasteiger partial charge on any atom is -0.0622 e. The second kappa shape index (κ2) is 13.2. The van der Waals surface area contributed by atoms with Gasteiger partial charge >= 0.3 is 0 Å². The zero-order chi connectivity index (χ0) is 37.0. The third-order valence-corrected chi connectivity index (χ3v) is 11.6. The fourth-order valence-electron chi connectivity index (χ4n) is 8.99. The van der Waals surface area contributed by atoms with Crippen molar-refractivity contribution in [3.05, 3.63) is 218 Å². The van der Waals surface area contributed by atoms with Crippen LogP contribution < -0.4 is 0 Å². The molecule has 0 saturated carbocycles. The molecule has 0 saturated heterocycles. The molecule has 0 bridgehead atoms. The summed E-state index contributed by atoms with van der Waals surface area (Å²) in [7, 11) is 0. The largest absolute Gasteiger partial charge is 0.0622 e. The molecule has 0 heterocycles. The van der Waals surface area contributed by atoms with Crippen LogP contribution in [0.15, 0.2) is 218 Å². The first-order chi connectivity index (χ1) is 27.8. The van der Waals surface area contributed by atoms with E-state index < -0.39 is 0 Å². The van der Waals surface area contributed by atoms with E-state index in [2.05, 4.69) is 218 Å². The van der Waals surface area contributed by atoms with E-state index in [4.69, 9.17) is 0 Å². The first-order valence-electron chi connectivity index (χ1n) is 19.4. The maximum Gasteiger partial charge on any atom is -0.00261 e. The molecule has 0 N–H and O–H groups in total. The van der Waals surface area contributed by atoms with Gasteiger partial charge in [0, 0.05) is 0 Å². The third kappa shape index (κ3) is 5.30. The van der Waals surface area contributed by atoms with Gasteiger partial charge in [-0.3, -0.25) is 0 Å². The van der Waals surface area contributed by atoms with E-state index >= 15 is 0 Å². The van der Waals surface area contributed by atoms with E-state index in [0.29, 0.717) is 0 Å². The molecular weight excluding hydrogens is 673 g/mol. The van der Waals surface area contributed by atoms with E-state index in [1.54, 1.807) is 0 Å². The molecule has 0 aliphatic heterocycles. The smallest absolute Gasteiger partial charge is 0.00261 e. The summed E-state index contributed by atoms with van der Waals surface area (Å²) in [5.74, 6) is 0. The maximum absolute atomic E-state index is 2.41. The summed E-state index contributed by atoms with van der Waals surface area (Å²) in [6, 6.07) is 80.4. The highest BCUT2D eigenvalue weighted by molar-refractivity contribution is 6.23. The Morgan fingerprint density at radius 2 is 0.589 bits per heavy atom.